The van der Waals surface area contributed by atoms with Gasteiger partial charge in [0.15, 0.2) is 11.5 Å². The molecule has 1 aliphatic carbocycles. The molecule has 2 aliphatic rings. The van der Waals surface area contributed by atoms with Crippen LogP contribution in [-0.4, -0.2) is 25.1 Å². The minimum absolute atomic E-state index is 0.0443. The second-order valence-corrected chi connectivity index (χ2v) is 5.23. The molecule has 1 saturated carbocycles. The number of rotatable bonds is 5. The predicted molar refractivity (Wildman–Crippen MR) is 68.1 cm³/mol. The second kappa shape index (κ2) is 4.96. The van der Waals surface area contributed by atoms with Crippen LogP contribution < -0.4 is 14.8 Å². The molecule has 1 aromatic carbocycles. The Labute approximate surface area is 111 Å². The number of nitrogens with one attached hydrogen (secondary N) is 1. The quantitative estimate of drug-likeness (QED) is 0.860. The molecular weight excluding hydrogens is 254 g/mol. The van der Waals surface area contributed by atoms with Crippen LogP contribution in [0.4, 0.5) is 0 Å². The van der Waals surface area contributed by atoms with Crippen LogP contribution in [0.25, 0.3) is 0 Å². The maximum atomic E-state index is 9.47. The Kier molecular flexibility index (Phi) is 3.33. The largest absolute Gasteiger partial charge is 0.454 e. The van der Waals surface area contributed by atoms with Gasteiger partial charge in [-0.25, -0.2) is 0 Å². The second-order valence-electron chi connectivity index (χ2n) is 4.82. The van der Waals surface area contributed by atoms with Crippen LogP contribution in [0.5, 0.6) is 11.5 Å². The van der Waals surface area contributed by atoms with Gasteiger partial charge in [-0.15, -0.1) is 0 Å². The molecule has 1 atom stereocenters. The Morgan fingerprint density at radius 3 is 2.94 bits per heavy atom. The lowest BCUT2D eigenvalue weighted by Gasteiger charge is -2.17. The van der Waals surface area contributed by atoms with Gasteiger partial charge in [0.2, 0.25) is 6.79 Å². The Bertz CT molecular complexity index is 448. The minimum atomic E-state index is -0.0994. The van der Waals surface area contributed by atoms with Crippen molar-refractivity contribution in [2.24, 2.45) is 5.92 Å². The Balaban J connectivity index is 1.78. The number of aliphatic hydroxyl groups excluding tert-OH is 1. The molecule has 0 spiro atoms. The van der Waals surface area contributed by atoms with Crippen molar-refractivity contribution in [2.45, 2.75) is 18.9 Å². The molecule has 98 valence electrons. The van der Waals surface area contributed by atoms with E-state index in [1.165, 1.54) is 12.8 Å². The highest BCUT2D eigenvalue weighted by Gasteiger charge is 2.24. The van der Waals surface area contributed by atoms with Crippen molar-refractivity contribution >= 4 is 11.6 Å². The van der Waals surface area contributed by atoms with Gasteiger partial charge in [-0.05, 0) is 43.0 Å². The Morgan fingerprint density at radius 2 is 2.22 bits per heavy atom. The third kappa shape index (κ3) is 2.41. The van der Waals surface area contributed by atoms with Crippen LogP contribution in [0.15, 0.2) is 12.1 Å². The summed E-state index contributed by atoms with van der Waals surface area (Å²) in [6, 6.07) is 3.61. The maximum absolute atomic E-state index is 9.47. The van der Waals surface area contributed by atoms with Gasteiger partial charge in [0.05, 0.1) is 17.7 Å². The lowest BCUT2D eigenvalue weighted by molar-refractivity contribution is 0.174. The molecule has 0 saturated heterocycles. The first-order valence-corrected chi connectivity index (χ1v) is 6.59. The molecule has 1 fully saturated rings. The fraction of sp³-hybridized carbons (Fsp3) is 0.538. The summed E-state index contributed by atoms with van der Waals surface area (Å²) in [5.41, 5.74) is 0.937. The standard InChI is InChI=1S/C13H16ClNO3/c14-10-3-9(4-12-13(10)18-7-17-12)11(6-16)15-5-8-1-2-8/h3-4,8,11,15-16H,1-2,5-7H2. The van der Waals surface area contributed by atoms with Crippen molar-refractivity contribution in [1.29, 1.82) is 0 Å². The summed E-state index contributed by atoms with van der Waals surface area (Å²) in [6.45, 7) is 1.19. The minimum Gasteiger partial charge on any atom is -0.454 e. The molecule has 3 rings (SSSR count). The molecule has 0 bridgehead atoms. The van der Waals surface area contributed by atoms with Gasteiger partial charge >= 0.3 is 0 Å². The van der Waals surface area contributed by atoms with Gasteiger partial charge in [-0.2, -0.15) is 0 Å². The van der Waals surface area contributed by atoms with Crippen LogP contribution in [0.2, 0.25) is 5.02 Å². The average Bonchev–Trinajstić information content (AvgIpc) is 3.06. The van der Waals surface area contributed by atoms with Gasteiger partial charge in [-0.1, -0.05) is 11.6 Å². The Hall–Kier alpha value is -0.970. The number of ether oxygens (including phenoxy) is 2. The van der Waals surface area contributed by atoms with Crippen molar-refractivity contribution in [3.05, 3.63) is 22.7 Å². The van der Waals surface area contributed by atoms with Crippen LogP contribution in [-0.2, 0) is 0 Å². The summed E-state index contributed by atoms with van der Waals surface area (Å²) in [5, 5.41) is 13.4. The van der Waals surface area contributed by atoms with E-state index in [-0.39, 0.29) is 19.4 Å². The molecule has 2 N–H and O–H groups in total. The topological polar surface area (TPSA) is 50.7 Å². The lowest BCUT2D eigenvalue weighted by atomic mass is 10.1. The normalized spacial score (nSPS) is 19.0. The zero-order valence-corrected chi connectivity index (χ0v) is 10.7. The zero-order chi connectivity index (χ0) is 12.5. The summed E-state index contributed by atoms with van der Waals surface area (Å²) < 4.78 is 10.6. The molecule has 4 nitrogen and oxygen atoms in total. The Morgan fingerprint density at radius 1 is 1.39 bits per heavy atom. The highest BCUT2D eigenvalue weighted by Crippen LogP contribution is 2.41. The van der Waals surface area contributed by atoms with E-state index in [1.807, 2.05) is 12.1 Å². The number of hydrogen-bond donors (Lipinski definition) is 2. The predicted octanol–water partition coefficient (Wildman–Crippen LogP) is 2.10. The van der Waals surface area contributed by atoms with Crippen LogP contribution in [0.1, 0.15) is 24.4 Å². The van der Waals surface area contributed by atoms with Crippen molar-refractivity contribution in [1.82, 2.24) is 5.32 Å². The summed E-state index contributed by atoms with van der Waals surface area (Å²) in [5.74, 6) is 2.02. The molecule has 0 amide bonds. The monoisotopic (exact) mass is 269 g/mol. The van der Waals surface area contributed by atoms with E-state index in [9.17, 15) is 5.11 Å². The molecule has 1 heterocycles. The van der Waals surface area contributed by atoms with E-state index >= 15 is 0 Å². The fourth-order valence-corrected chi connectivity index (χ4v) is 2.38. The van der Waals surface area contributed by atoms with Crippen LogP contribution >= 0.6 is 11.6 Å². The first-order valence-electron chi connectivity index (χ1n) is 6.21. The summed E-state index contributed by atoms with van der Waals surface area (Å²) in [4.78, 5) is 0. The number of aliphatic hydroxyl groups is 1. The van der Waals surface area contributed by atoms with E-state index in [2.05, 4.69) is 5.32 Å². The summed E-state index contributed by atoms with van der Waals surface area (Å²) >= 11 is 6.14. The highest BCUT2D eigenvalue weighted by atomic mass is 35.5. The molecule has 5 heteroatoms. The SMILES string of the molecule is OCC(NCC1CC1)c1cc(Cl)c2c(c1)OCO2. The van der Waals surface area contributed by atoms with Crippen molar-refractivity contribution in [3.63, 3.8) is 0 Å². The van der Waals surface area contributed by atoms with E-state index < -0.39 is 0 Å². The van der Waals surface area contributed by atoms with Gasteiger partial charge in [-0.3, -0.25) is 0 Å². The van der Waals surface area contributed by atoms with E-state index in [0.717, 1.165) is 18.0 Å². The van der Waals surface area contributed by atoms with Crippen molar-refractivity contribution in [2.75, 3.05) is 19.9 Å². The third-order valence-corrected chi connectivity index (χ3v) is 3.67. The van der Waals surface area contributed by atoms with Crippen LogP contribution in [0.3, 0.4) is 0 Å². The molecular formula is C13H16ClNO3. The maximum Gasteiger partial charge on any atom is 0.231 e. The lowest BCUT2D eigenvalue weighted by Crippen LogP contribution is -2.26. The van der Waals surface area contributed by atoms with Gasteiger partial charge in [0.25, 0.3) is 0 Å². The van der Waals surface area contributed by atoms with Crippen LogP contribution in [0, 0.1) is 5.92 Å². The highest BCUT2D eigenvalue weighted by molar-refractivity contribution is 6.32. The van der Waals surface area contributed by atoms with Crippen molar-refractivity contribution in [3.8, 4) is 11.5 Å². The van der Waals surface area contributed by atoms with Gasteiger partial charge < -0.3 is 19.9 Å². The molecule has 18 heavy (non-hydrogen) atoms. The summed E-state index contributed by atoms with van der Waals surface area (Å²) in [6.07, 6.45) is 2.57. The average molecular weight is 270 g/mol. The summed E-state index contributed by atoms with van der Waals surface area (Å²) in [7, 11) is 0. The molecule has 0 radical (unpaired) electrons. The van der Waals surface area contributed by atoms with Gasteiger partial charge in [0.1, 0.15) is 0 Å². The zero-order valence-electron chi connectivity index (χ0n) is 9.99. The first kappa shape index (κ1) is 12.1. The smallest absolute Gasteiger partial charge is 0.231 e. The van der Waals surface area contributed by atoms with Crippen molar-refractivity contribution < 1.29 is 14.6 Å². The number of fused-ring (bicyclic) bond motifs is 1. The van der Waals surface area contributed by atoms with E-state index in [1.54, 1.807) is 0 Å². The third-order valence-electron chi connectivity index (χ3n) is 3.38. The number of benzene rings is 1. The molecule has 1 aliphatic heterocycles. The molecule has 1 unspecified atom stereocenters. The van der Waals surface area contributed by atoms with E-state index in [4.69, 9.17) is 21.1 Å². The van der Waals surface area contributed by atoms with Gasteiger partial charge in [0, 0.05) is 0 Å². The molecule has 0 aromatic heterocycles. The number of halogens is 1. The first-order chi connectivity index (χ1) is 8.78. The number of hydrogen-bond acceptors (Lipinski definition) is 4. The molecule has 1 aromatic rings. The van der Waals surface area contributed by atoms with E-state index in [0.29, 0.717) is 16.5 Å². The fourth-order valence-electron chi connectivity index (χ4n) is 2.11.